The van der Waals surface area contributed by atoms with Crippen LogP contribution in [0.5, 0.6) is 0 Å². The summed E-state index contributed by atoms with van der Waals surface area (Å²) in [5, 5.41) is 3.08. The third-order valence-electron chi connectivity index (χ3n) is 2.08. The van der Waals surface area contributed by atoms with Crippen molar-refractivity contribution in [1.82, 2.24) is 10.3 Å². The molecule has 16 heavy (non-hydrogen) atoms. The van der Waals surface area contributed by atoms with Crippen molar-refractivity contribution in [3.05, 3.63) is 29.6 Å². The first-order valence-corrected chi connectivity index (χ1v) is 6.84. The lowest BCUT2D eigenvalue weighted by Gasteiger charge is -2.05. The highest BCUT2D eigenvalue weighted by Gasteiger charge is 2.01. The molecule has 0 aliphatic carbocycles. The van der Waals surface area contributed by atoms with E-state index in [9.17, 15) is 8.42 Å². The van der Waals surface area contributed by atoms with Crippen LogP contribution < -0.4 is 5.32 Å². The van der Waals surface area contributed by atoms with Crippen LogP contribution >= 0.6 is 12.4 Å². The zero-order chi connectivity index (χ0) is 11.3. The number of pyridine rings is 1. The van der Waals surface area contributed by atoms with Gasteiger partial charge in [-0.1, -0.05) is 6.07 Å². The van der Waals surface area contributed by atoms with Gasteiger partial charge in [-0.3, -0.25) is 4.98 Å². The molecule has 0 bridgehead atoms. The Morgan fingerprint density at radius 3 is 2.69 bits per heavy atom. The van der Waals surface area contributed by atoms with Gasteiger partial charge >= 0.3 is 0 Å². The van der Waals surface area contributed by atoms with Crippen LogP contribution in [0.4, 0.5) is 0 Å². The van der Waals surface area contributed by atoms with E-state index in [4.69, 9.17) is 0 Å². The van der Waals surface area contributed by atoms with Crippen molar-refractivity contribution >= 4 is 22.2 Å². The van der Waals surface area contributed by atoms with Gasteiger partial charge in [0.05, 0.1) is 5.75 Å². The van der Waals surface area contributed by atoms with E-state index in [2.05, 4.69) is 10.3 Å². The number of hydrogen-bond donors (Lipinski definition) is 1. The molecule has 0 radical (unpaired) electrons. The zero-order valence-electron chi connectivity index (χ0n) is 9.43. The predicted molar refractivity (Wildman–Crippen MR) is 67.6 cm³/mol. The largest absolute Gasteiger partial charge is 0.312 e. The third-order valence-corrected chi connectivity index (χ3v) is 3.03. The molecule has 0 unspecified atom stereocenters. The van der Waals surface area contributed by atoms with Crippen molar-refractivity contribution in [2.45, 2.75) is 13.5 Å². The maximum atomic E-state index is 10.9. The fourth-order valence-corrected chi connectivity index (χ4v) is 1.70. The lowest BCUT2D eigenvalue weighted by Crippen LogP contribution is -2.22. The molecule has 92 valence electrons. The van der Waals surface area contributed by atoms with Crippen molar-refractivity contribution in [3.8, 4) is 0 Å². The van der Waals surface area contributed by atoms with Gasteiger partial charge in [0.15, 0.2) is 0 Å². The smallest absolute Gasteiger partial charge is 0.148 e. The van der Waals surface area contributed by atoms with Crippen molar-refractivity contribution in [1.29, 1.82) is 0 Å². The molecule has 1 N–H and O–H groups in total. The van der Waals surface area contributed by atoms with Gasteiger partial charge in [0, 0.05) is 31.2 Å². The van der Waals surface area contributed by atoms with Crippen LogP contribution in [-0.4, -0.2) is 32.0 Å². The normalized spacial score (nSPS) is 10.9. The highest BCUT2D eigenvalue weighted by Crippen LogP contribution is 2.02. The van der Waals surface area contributed by atoms with E-state index in [-0.39, 0.29) is 18.2 Å². The molecule has 0 amide bonds. The van der Waals surface area contributed by atoms with E-state index < -0.39 is 9.84 Å². The Kier molecular flexibility index (Phi) is 6.55. The van der Waals surface area contributed by atoms with Crippen LogP contribution in [-0.2, 0) is 16.4 Å². The highest BCUT2D eigenvalue weighted by atomic mass is 35.5. The summed E-state index contributed by atoms with van der Waals surface area (Å²) in [4.78, 5) is 4.15. The Bertz CT molecular complexity index is 421. The van der Waals surface area contributed by atoms with Gasteiger partial charge in [0.2, 0.25) is 0 Å². The minimum atomic E-state index is -2.87. The number of rotatable bonds is 5. The standard InChI is InChI=1S/C10H16N2O2S.ClH/c1-9-10(4-3-5-12-9)8-11-6-7-15(2,13)14;/h3-5,11H,6-8H2,1-2H3;1H. The van der Waals surface area contributed by atoms with Gasteiger partial charge in [-0.05, 0) is 18.6 Å². The Balaban J connectivity index is 0.00000225. The number of aryl methyl sites for hydroxylation is 1. The van der Waals surface area contributed by atoms with E-state index in [1.54, 1.807) is 6.20 Å². The second-order valence-corrected chi connectivity index (χ2v) is 5.81. The summed E-state index contributed by atoms with van der Waals surface area (Å²) in [7, 11) is -2.87. The maximum absolute atomic E-state index is 10.9. The van der Waals surface area contributed by atoms with E-state index in [0.717, 1.165) is 11.3 Å². The molecule has 0 aromatic carbocycles. The lowest BCUT2D eigenvalue weighted by molar-refractivity contribution is 0.596. The molecule has 1 rings (SSSR count). The van der Waals surface area contributed by atoms with Crippen molar-refractivity contribution < 1.29 is 8.42 Å². The van der Waals surface area contributed by atoms with Crippen LogP contribution in [0.15, 0.2) is 18.3 Å². The summed E-state index contributed by atoms with van der Waals surface area (Å²) in [6.07, 6.45) is 2.99. The average Bonchev–Trinajstić information content (AvgIpc) is 2.13. The monoisotopic (exact) mass is 264 g/mol. The molecule has 0 fully saturated rings. The summed E-state index contributed by atoms with van der Waals surface area (Å²) < 4.78 is 21.7. The molecular weight excluding hydrogens is 248 g/mol. The molecule has 4 nitrogen and oxygen atoms in total. The lowest BCUT2D eigenvalue weighted by atomic mass is 10.2. The first-order valence-electron chi connectivity index (χ1n) is 4.78. The Morgan fingerprint density at radius 1 is 1.44 bits per heavy atom. The van der Waals surface area contributed by atoms with Crippen LogP contribution in [0, 0.1) is 6.92 Å². The van der Waals surface area contributed by atoms with E-state index in [1.807, 2.05) is 19.1 Å². The van der Waals surface area contributed by atoms with Gasteiger partial charge in [0.1, 0.15) is 9.84 Å². The number of nitrogens with zero attached hydrogens (tertiary/aromatic N) is 1. The molecule has 0 saturated carbocycles. The molecule has 0 spiro atoms. The van der Waals surface area contributed by atoms with Crippen LogP contribution in [0.3, 0.4) is 0 Å². The first kappa shape index (κ1) is 15.3. The van der Waals surface area contributed by atoms with Gasteiger partial charge in [-0.25, -0.2) is 8.42 Å². The van der Waals surface area contributed by atoms with Crippen molar-refractivity contribution in [3.63, 3.8) is 0 Å². The molecule has 1 aromatic heterocycles. The summed E-state index contributed by atoms with van der Waals surface area (Å²) in [6, 6.07) is 3.86. The maximum Gasteiger partial charge on any atom is 0.148 e. The van der Waals surface area contributed by atoms with Crippen molar-refractivity contribution in [2.24, 2.45) is 0 Å². The fourth-order valence-electron chi connectivity index (χ4n) is 1.18. The zero-order valence-corrected chi connectivity index (χ0v) is 11.1. The number of halogens is 1. The number of sulfone groups is 1. The van der Waals surface area contributed by atoms with Crippen LogP contribution in [0.2, 0.25) is 0 Å². The molecule has 1 heterocycles. The SMILES string of the molecule is Cc1ncccc1CNCCS(C)(=O)=O.Cl. The third kappa shape index (κ3) is 6.05. The second-order valence-electron chi connectivity index (χ2n) is 3.55. The van der Waals surface area contributed by atoms with Gasteiger partial charge in [-0.15, -0.1) is 12.4 Å². The van der Waals surface area contributed by atoms with Crippen LogP contribution in [0.25, 0.3) is 0 Å². The van der Waals surface area contributed by atoms with E-state index in [0.29, 0.717) is 13.1 Å². The van der Waals surface area contributed by atoms with Gasteiger partial charge < -0.3 is 5.32 Å². The minimum Gasteiger partial charge on any atom is -0.312 e. The molecule has 0 atom stereocenters. The Labute approximate surface area is 103 Å². The molecule has 0 aliphatic heterocycles. The van der Waals surface area contributed by atoms with Gasteiger partial charge in [-0.2, -0.15) is 0 Å². The average molecular weight is 265 g/mol. The highest BCUT2D eigenvalue weighted by molar-refractivity contribution is 7.90. The second kappa shape index (κ2) is 6.83. The molecule has 0 saturated heterocycles. The number of aromatic nitrogens is 1. The number of hydrogen-bond acceptors (Lipinski definition) is 4. The predicted octanol–water partition coefficient (Wildman–Crippen LogP) is 0.946. The summed E-state index contributed by atoms with van der Waals surface area (Å²) in [5.74, 6) is 0.173. The summed E-state index contributed by atoms with van der Waals surface area (Å²) in [6.45, 7) is 3.08. The van der Waals surface area contributed by atoms with E-state index in [1.165, 1.54) is 6.26 Å². The molecular formula is C10H17ClN2O2S. The quantitative estimate of drug-likeness (QED) is 0.805. The molecule has 6 heteroatoms. The summed E-state index contributed by atoms with van der Waals surface area (Å²) >= 11 is 0. The van der Waals surface area contributed by atoms with Crippen LogP contribution in [0.1, 0.15) is 11.3 Å². The Hall–Kier alpha value is -0.650. The Morgan fingerprint density at radius 2 is 2.12 bits per heavy atom. The summed E-state index contributed by atoms with van der Waals surface area (Å²) in [5.41, 5.74) is 2.08. The van der Waals surface area contributed by atoms with E-state index >= 15 is 0 Å². The molecule has 0 aliphatic rings. The first-order chi connectivity index (χ1) is 6.99. The van der Waals surface area contributed by atoms with Crippen molar-refractivity contribution in [2.75, 3.05) is 18.6 Å². The topological polar surface area (TPSA) is 59.1 Å². The fraction of sp³-hybridized carbons (Fsp3) is 0.500. The molecule has 1 aromatic rings. The van der Waals surface area contributed by atoms with Gasteiger partial charge in [0.25, 0.3) is 0 Å². The number of nitrogens with one attached hydrogen (secondary N) is 1. The minimum absolute atomic E-state index is 0.